The topological polar surface area (TPSA) is 50.4 Å². The smallest absolute Gasteiger partial charge is 0.407 e. The molecule has 1 unspecified atom stereocenters. The van der Waals surface area contributed by atoms with Gasteiger partial charge in [-0.3, -0.25) is 0 Å². The molecule has 2 N–H and O–H groups in total. The van der Waals surface area contributed by atoms with Crippen LogP contribution in [0, 0.1) is 13.8 Å². The van der Waals surface area contributed by atoms with Gasteiger partial charge in [0.05, 0.1) is 0 Å². The Labute approximate surface area is 108 Å². The number of hydrogen-bond donors (Lipinski definition) is 2. The lowest BCUT2D eigenvalue weighted by molar-refractivity contribution is 0.136. The summed E-state index contributed by atoms with van der Waals surface area (Å²) in [6.45, 7) is 6.21. The summed E-state index contributed by atoms with van der Waals surface area (Å²) in [7, 11) is 0. The van der Waals surface area contributed by atoms with E-state index in [0.29, 0.717) is 6.61 Å². The van der Waals surface area contributed by atoms with Crippen molar-refractivity contribution in [2.24, 2.45) is 0 Å². The van der Waals surface area contributed by atoms with E-state index in [-0.39, 0.29) is 12.1 Å². The molecular formula is C14H20N2O2. The molecule has 2 rings (SSSR count). The molecule has 0 saturated carbocycles. The molecule has 0 bridgehead atoms. The van der Waals surface area contributed by atoms with Gasteiger partial charge in [-0.05, 0) is 37.9 Å². The highest BCUT2D eigenvalue weighted by atomic mass is 16.5. The van der Waals surface area contributed by atoms with Gasteiger partial charge < -0.3 is 15.4 Å². The van der Waals surface area contributed by atoms with Crippen LogP contribution in [0.3, 0.4) is 0 Å². The van der Waals surface area contributed by atoms with E-state index in [9.17, 15) is 4.79 Å². The van der Waals surface area contributed by atoms with E-state index in [0.717, 1.165) is 30.6 Å². The van der Waals surface area contributed by atoms with Crippen LogP contribution in [-0.2, 0) is 11.3 Å². The van der Waals surface area contributed by atoms with Crippen LogP contribution >= 0.6 is 0 Å². The number of carbonyl (C=O) groups excluding carboxylic acids is 1. The van der Waals surface area contributed by atoms with E-state index in [1.54, 1.807) is 0 Å². The fraction of sp³-hybridized carbons (Fsp3) is 0.500. The highest BCUT2D eigenvalue weighted by Crippen LogP contribution is 2.11. The lowest BCUT2D eigenvalue weighted by Gasteiger charge is -2.12. The molecular weight excluding hydrogens is 228 g/mol. The molecule has 1 aromatic rings. The zero-order chi connectivity index (χ0) is 13.0. The average Bonchev–Trinajstić information content (AvgIpc) is 2.80. The Morgan fingerprint density at radius 3 is 3.00 bits per heavy atom. The van der Waals surface area contributed by atoms with Crippen molar-refractivity contribution in [2.45, 2.75) is 32.9 Å². The summed E-state index contributed by atoms with van der Waals surface area (Å²) in [5.41, 5.74) is 3.43. The van der Waals surface area contributed by atoms with Crippen LogP contribution in [0.4, 0.5) is 4.79 Å². The second-order valence-corrected chi connectivity index (χ2v) is 4.84. The lowest BCUT2D eigenvalue weighted by Crippen LogP contribution is -2.36. The van der Waals surface area contributed by atoms with Crippen molar-refractivity contribution in [2.75, 3.05) is 13.1 Å². The fourth-order valence-electron chi connectivity index (χ4n) is 2.14. The number of rotatable bonds is 3. The molecule has 98 valence electrons. The highest BCUT2D eigenvalue weighted by Gasteiger charge is 2.17. The Morgan fingerprint density at radius 1 is 1.50 bits per heavy atom. The maximum Gasteiger partial charge on any atom is 0.407 e. The minimum Gasteiger partial charge on any atom is -0.445 e. The van der Waals surface area contributed by atoms with Gasteiger partial charge in [0, 0.05) is 12.6 Å². The van der Waals surface area contributed by atoms with Gasteiger partial charge in [-0.15, -0.1) is 0 Å². The van der Waals surface area contributed by atoms with E-state index < -0.39 is 0 Å². The number of benzene rings is 1. The van der Waals surface area contributed by atoms with Crippen LogP contribution in [0.5, 0.6) is 0 Å². The van der Waals surface area contributed by atoms with Gasteiger partial charge in [-0.1, -0.05) is 23.8 Å². The van der Waals surface area contributed by atoms with Gasteiger partial charge in [-0.25, -0.2) is 4.79 Å². The van der Waals surface area contributed by atoms with Gasteiger partial charge in [0.2, 0.25) is 0 Å². The number of hydrogen-bond acceptors (Lipinski definition) is 3. The maximum absolute atomic E-state index is 11.6. The van der Waals surface area contributed by atoms with Crippen LogP contribution < -0.4 is 10.6 Å². The molecule has 1 atom stereocenters. The molecule has 1 aromatic carbocycles. The highest BCUT2D eigenvalue weighted by molar-refractivity contribution is 5.67. The van der Waals surface area contributed by atoms with Gasteiger partial charge in [-0.2, -0.15) is 0 Å². The molecule has 18 heavy (non-hydrogen) atoms. The first-order chi connectivity index (χ1) is 8.65. The van der Waals surface area contributed by atoms with Crippen LogP contribution in [-0.4, -0.2) is 25.2 Å². The molecule has 1 fully saturated rings. The van der Waals surface area contributed by atoms with Crippen LogP contribution in [0.15, 0.2) is 18.2 Å². The summed E-state index contributed by atoms with van der Waals surface area (Å²) < 4.78 is 5.23. The van der Waals surface area contributed by atoms with Gasteiger partial charge in [0.25, 0.3) is 0 Å². The number of nitrogens with one attached hydrogen (secondary N) is 2. The largest absolute Gasteiger partial charge is 0.445 e. The molecule has 1 aliphatic rings. The van der Waals surface area contributed by atoms with Crippen molar-refractivity contribution in [3.63, 3.8) is 0 Å². The summed E-state index contributed by atoms with van der Waals surface area (Å²) in [6.07, 6.45) is 0.641. The summed E-state index contributed by atoms with van der Waals surface area (Å²) >= 11 is 0. The number of ether oxygens (including phenoxy) is 1. The molecule has 1 aliphatic heterocycles. The number of amides is 1. The lowest BCUT2D eigenvalue weighted by atomic mass is 10.1. The van der Waals surface area contributed by atoms with Crippen LogP contribution in [0.1, 0.15) is 23.1 Å². The van der Waals surface area contributed by atoms with Crippen molar-refractivity contribution >= 4 is 6.09 Å². The molecule has 0 radical (unpaired) electrons. The third-order valence-corrected chi connectivity index (χ3v) is 3.24. The number of aryl methyl sites for hydroxylation is 2. The number of carbonyl (C=O) groups is 1. The predicted molar refractivity (Wildman–Crippen MR) is 70.5 cm³/mol. The first kappa shape index (κ1) is 12.9. The van der Waals surface area contributed by atoms with Crippen LogP contribution in [0.2, 0.25) is 0 Å². The summed E-state index contributed by atoms with van der Waals surface area (Å²) in [5, 5.41) is 6.05. The molecule has 4 nitrogen and oxygen atoms in total. The Bertz CT molecular complexity index is 426. The van der Waals surface area contributed by atoms with E-state index in [1.807, 2.05) is 19.1 Å². The maximum atomic E-state index is 11.6. The Balaban J connectivity index is 1.81. The summed E-state index contributed by atoms with van der Waals surface area (Å²) in [5.74, 6) is 0. The summed E-state index contributed by atoms with van der Waals surface area (Å²) in [4.78, 5) is 11.6. The third kappa shape index (κ3) is 3.47. The molecule has 0 aliphatic carbocycles. The molecule has 0 aromatic heterocycles. The molecule has 4 heteroatoms. The Hall–Kier alpha value is -1.55. The standard InChI is InChI=1S/C14H20N2O2/c1-10-3-4-12(11(2)7-10)9-18-14(17)16-13-5-6-15-8-13/h3-4,7,13,15H,5-6,8-9H2,1-2H3,(H,16,17). The number of alkyl carbamates (subject to hydrolysis) is 1. The van der Waals surface area contributed by atoms with E-state index >= 15 is 0 Å². The van der Waals surface area contributed by atoms with Gasteiger partial charge in [0.15, 0.2) is 0 Å². The average molecular weight is 248 g/mol. The quantitative estimate of drug-likeness (QED) is 0.859. The monoisotopic (exact) mass is 248 g/mol. The SMILES string of the molecule is Cc1ccc(COC(=O)NC2CCNC2)c(C)c1. The normalized spacial score (nSPS) is 18.7. The molecule has 0 spiro atoms. The van der Waals surface area contributed by atoms with Gasteiger partial charge >= 0.3 is 6.09 Å². The summed E-state index contributed by atoms with van der Waals surface area (Å²) in [6, 6.07) is 6.34. The van der Waals surface area contributed by atoms with E-state index in [2.05, 4.69) is 23.6 Å². The minimum absolute atomic E-state index is 0.205. The molecule has 1 heterocycles. The molecule has 1 saturated heterocycles. The van der Waals surface area contributed by atoms with E-state index in [4.69, 9.17) is 4.74 Å². The molecule has 1 amide bonds. The predicted octanol–water partition coefficient (Wildman–Crippen LogP) is 1.89. The Kier molecular flexibility index (Phi) is 4.20. The fourth-order valence-corrected chi connectivity index (χ4v) is 2.14. The third-order valence-electron chi connectivity index (χ3n) is 3.24. The van der Waals surface area contributed by atoms with Gasteiger partial charge in [0.1, 0.15) is 6.61 Å². The first-order valence-corrected chi connectivity index (χ1v) is 6.35. The first-order valence-electron chi connectivity index (χ1n) is 6.35. The Morgan fingerprint density at radius 2 is 2.33 bits per heavy atom. The second kappa shape index (κ2) is 5.87. The van der Waals surface area contributed by atoms with Crippen LogP contribution in [0.25, 0.3) is 0 Å². The van der Waals surface area contributed by atoms with E-state index in [1.165, 1.54) is 5.56 Å². The minimum atomic E-state index is -0.330. The van der Waals surface area contributed by atoms with Crippen molar-refractivity contribution < 1.29 is 9.53 Å². The second-order valence-electron chi connectivity index (χ2n) is 4.84. The zero-order valence-corrected chi connectivity index (χ0v) is 11.0. The van der Waals surface area contributed by atoms with Crippen molar-refractivity contribution in [3.05, 3.63) is 34.9 Å². The van der Waals surface area contributed by atoms with Crippen molar-refractivity contribution in [1.82, 2.24) is 10.6 Å². The zero-order valence-electron chi connectivity index (χ0n) is 11.0. The van der Waals surface area contributed by atoms with Crippen molar-refractivity contribution in [3.8, 4) is 0 Å². The van der Waals surface area contributed by atoms with Crippen molar-refractivity contribution in [1.29, 1.82) is 0 Å².